The van der Waals surface area contributed by atoms with Crippen LogP contribution in [0.4, 0.5) is 10.1 Å². The highest BCUT2D eigenvalue weighted by atomic mass is 19.1. The Morgan fingerprint density at radius 1 is 1.50 bits per heavy atom. The third-order valence-corrected chi connectivity index (χ3v) is 2.72. The molecule has 1 saturated heterocycles. The van der Waals surface area contributed by atoms with Crippen molar-refractivity contribution in [3.8, 4) is 5.75 Å². The minimum atomic E-state index is -0.752. The van der Waals surface area contributed by atoms with Crippen LogP contribution in [0.2, 0.25) is 0 Å². The zero-order valence-corrected chi connectivity index (χ0v) is 8.56. The Morgan fingerprint density at radius 3 is 2.88 bits per heavy atom. The Hall–Kier alpha value is -1.62. The summed E-state index contributed by atoms with van der Waals surface area (Å²) in [5.74, 6) is -1.62. The lowest BCUT2D eigenvalue weighted by molar-refractivity contribution is -0.117. The summed E-state index contributed by atoms with van der Waals surface area (Å²) < 4.78 is 13.1. The number of anilines is 1. The molecule has 16 heavy (non-hydrogen) atoms. The minimum absolute atomic E-state index is 0.0850. The van der Waals surface area contributed by atoms with E-state index in [-0.39, 0.29) is 30.5 Å². The highest BCUT2D eigenvalue weighted by molar-refractivity contribution is 5.97. The third-order valence-electron chi connectivity index (χ3n) is 2.72. The second-order valence-corrected chi connectivity index (χ2v) is 3.86. The Balaban J connectivity index is 2.31. The average molecular weight is 225 g/mol. The molecule has 2 rings (SSSR count). The van der Waals surface area contributed by atoms with E-state index in [1.54, 1.807) is 0 Å². The van der Waals surface area contributed by atoms with Crippen LogP contribution in [0.5, 0.6) is 5.75 Å². The van der Waals surface area contributed by atoms with Crippen molar-refractivity contribution in [2.75, 3.05) is 18.1 Å². The molecule has 1 amide bonds. The molecular formula is C11H12FNO3. The fourth-order valence-corrected chi connectivity index (χ4v) is 1.86. The van der Waals surface area contributed by atoms with E-state index in [0.717, 1.165) is 6.07 Å². The van der Waals surface area contributed by atoms with Crippen molar-refractivity contribution in [3.63, 3.8) is 0 Å². The first-order valence-corrected chi connectivity index (χ1v) is 5.02. The third kappa shape index (κ3) is 1.74. The number of aromatic hydroxyl groups is 1. The van der Waals surface area contributed by atoms with Gasteiger partial charge in [0.1, 0.15) is 0 Å². The maximum atomic E-state index is 13.1. The molecule has 86 valence electrons. The SMILES string of the molecule is O=C1CC(CO)CN1c1cccc(F)c1O. The van der Waals surface area contributed by atoms with Gasteiger partial charge in [0, 0.05) is 25.5 Å². The molecule has 4 nitrogen and oxygen atoms in total. The molecule has 0 bridgehead atoms. The second kappa shape index (κ2) is 4.09. The molecule has 0 aliphatic carbocycles. The minimum Gasteiger partial charge on any atom is -0.503 e. The number of rotatable bonds is 2. The molecule has 0 radical (unpaired) electrons. The van der Waals surface area contributed by atoms with Gasteiger partial charge in [-0.25, -0.2) is 4.39 Å². The predicted octanol–water partition coefficient (Wildman–Crippen LogP) is 0.876. The average Bonchev–Trinajstić information content (AvgIpc) is 2.64. The zero-order valence-electron chi connectivity index (χ0n) is 8.56. The summed E-state index contributed by atoms with van der Waals surface area (Å²) >= 11 is 0. The van der Waals surface area contributed by atoms with Gasteiger partial charge in [0.15, 0.2) is 11.6 Å². The highest BCUT2D eigenvalue weighted by Crippen LogP contribution is 2.33. The molecule has 5 heteroatoms. The lowest BCUT2D eigenvalue weighted by Gasteiger charge is -2.17. The van der Waals surface area contributed by atoms with Crippen LogP contribution in [0.1, 0.15) is 6.42 Å². The van der Waals surface area contributed by atoms with Gasteiger partial charge < -0.3 is 15.1 Å². The van der Waals surface area contributed by atoms with E-state index in [1.165, 1.54) is 17.0 Å². The van der Waals surface area contributed by atoms with Gasteiger partial charge in [-0.1, -0.05) is 6.07 Å². The van der Waals surface area contributed by atoms with Crippen molar-refractivity contribution in [1.82, 2.24) is 0 Å². The number of benzene rings is 1. The molecule has 2 N–H and O–H groups in total. The standard InChI is InChI=1S/C11H12FNO3/c12-8-2-1-3-9(11(8)16)13-5-7(6-14)4-10(13)15/h1-3,7,14,16H,4-6H2. The number of para-hydroxylation sites is 1. The van der Waals surface area contributed by atoms with Crippen LogP contribution in [-0.2, 0) is 4.79 Å². The number of carbonyl (C=O) groups excluding carboxylic acids is 1. The van der Waals surface area contributed by atoms with Crippen molar-refractivity contribution in [2.24, 2.45) is 5.92 Å². The quantitative estimate of drug-likeness (QED) is 0.785. The Bertz CT molecular complexity index is 422. The first-order valence-electron chi connectivity index (χ1n) is 5.02. The summed E-state index contributed by atoms with van der Waals surface area (Å²) in [7, 11) is 0. The monoisotopic (exact) mass is 225 g/mol. The lowest BCUT2D eigenvalue weighted by atomic mass is 10.1. The normalized spacial score (nSPS) is 20.5. The van der Waals surface area contributed by atoms with E-state index in [4.69, 9.17) is 5.11 Å². The first-order chi connectivity index (χ1) is 7.63. The molecular weight excluding hydrogens is 213 g/mol. The molecule has 1 heterocycles. The van der Waals surface area contributed by atoms with Crippen molar-refractivity contribution in [3.05, 3.63) is 24.0 Å². The number of aliphatic hydroxyl groups is 1. The summed E-state index contributed by atoms with van der Waals surface area (Å²) in [4.78, 5) is 12.9. The van der Waals surface area contributed by atoms with Crippen LogP contribution in [0.25, 0.3) is 0 Å². The van der Waals surface area contributed by atoms with Crippen LogP contribution < -0.4 is 4.90 Å². The molecule has 0 spiro atoms. The predicted molar refractivity (Wildman–Crippen MR) is 55.6 cm³/mol. The summed E-state index contributed by atoms with van der Waals surface area (Å²) in [6, 6.07) is 4.04. The van der Waals surface area contributed by atoms with Gasteiger partial charge >= 0.3 is 0 Å². The number of carbonyl (C=O) groups is 1. The molecule has 1 atom stereocenters. The van der Waals surface area contributed by atoms with Crippen LogP contribution >= 0.6 is 0 Å². The van der Waals surface area contributed by atoms with E-state index >= 15 is 0 Å². The van der Waals surface area contributed by atoms with Gasteiger partial charge in [0.05, 0.1) is 5.69 Å². The Morgan fingerprint density at radius 2 is 2.25 bits per heavy atom. The maximum Gasteiger partial charge on any atom is 0.227 e. The molecule has 1 fully saturated rings. The summed E-state index contributed by atoms with van der Waals surface area (Å²) in [5.41, 5.74) is 0.168. The smallest absolute Gasteiger partial charge is 0.227 e. The topological polar surface area (TPSA) is 60.8 Å². The van der Waals surface area contributed by atoms with Gasteiger partial charge in [-0.05, 0) is 12.1 Å². The van der Waals surface area contributed by atoms with Gasteiger partial charge in [-0.3, -0.25) is 4.79 Å². The second-order valence-electron chi connectivity index (χ2n) is 3.86. The number of halogens is 1. The molecule has 0 aromatic heterocycles. The largest absolute Gasteiger partial charge is 0.503 e. The number of aliphatic hydroxyl groups excluding tert-OH is 1. The molecule has 0 saturated carbocycles. The Labute approximate surface area is 91.9 Å². The van der Waals surface area contributed by atoms with Gasteiger partial charge in [-0.15, -0.1) is 0 Å². The van der Waals surface area contributed by atoms with Gasteiger partial charge in [0.25, 0.3) is 0 Å². The fraction of sp³-hybridized carbons (Fsp3) is 0.364. The van der Waals surface area contributed by atoms with Crippen LogP contribution in [-0.4, -0.2) is 29.3 Å². The number of phenols is 1. The van der Waals surface area contributed by atoms with Crippen molar-refractivity contribution in [1.29, 1.82) is 0 Å². The van der Waals surface area contributed by atoms with Gasteiger partial charge in [-0.2, -0.15) is 0 Å². The number of nitrogens with zero attached hydrogens (tertiary/aromatic N) is 1. The summed E-state index contributed by atoms with van der Waals surface area (Å²) in [6.07, 6.45) is 0.229. The van der Waals surface area contributed by atoms with Crippen molar-refractivity contribution in [2.45, 2.75) is 6.42 Å². The number of amides is 1. The molecule has 1 unspecified atom stereocenters. The van der Waals surface area contributed by atoms with E-state index in [1.807, 2.05) is 0 Å². The number of phenolic OH excluding ortho intramolecular Hbond substituents is 1. The fourth-order valence-electron chi connectivity index (χ4n) is 1.86. The van der Waals surface area contributed by atoms with Crippen LogP contribution in [0.3, 0.4) is 0 Å². The molecule has 1 aromatic carbocycles. The molecule has 1 aromatic rings. The summed E-state index contributed by atoms with van der Waals surface area (Å²) in [5, 5.41) is 18.5. The molecule has 1 aliphatic rings. The van der Waals surface area contributed by atoms with E-state index in [9.17, 15) is 14.3 Å². The number of hydrogen-bond donors (Lipinski definition) is 2. The summed E-state index contributed by atoms with van der Waals surface area (Å²) in [6.45, 7) is 0.227. The highest BCUT2D eigenvalue weighted by Gasteiger charge is 2.31. The van der Waals surface area contributed by atoms with Crippen molar-refractivity contribution < 1.29 is 19.4 Å². The maximum absolute atomic E-state index is 13.1. The van der Waals surface area contributed by atoms with Crippen molar-refractivity contribution >= 4 is 11.6 Å². The van der Waals surface area contributed by atoms with Crippen LogP contribution in [0, 0.1) is 11.7 Å². The lowest BCUT2D eigenvalue weighted by Crippen LogP contribution is -2.25. The van der Waals surface area contributed by atoms with E-state index in [2.05, 4.69) is 0 Å². The van der Waals surface area contributed by atoms with E-state index in [0.29, 0.717) is 6.54 Å². The van der Waals surface area contributed by atoms with E-state index < -0.39 is 11.6 Å². The number of hydrogen-bond acceptors (Lipinski definition) is 3. The Kier molecular flexibility index (Phi) is 2.78. The van der Waals surface area contributed by atoms with Crippen LogP contribution in [0.15, 0.2) is 18.2 Å². The first kappa shape index (κ1) is 10.9. The zero-order chi connectivity index (χ0) is 11.7. The molecule has 1 aliphatic heterocycles. The van der Waals surface area contributed by atoms with Gasteiger partial charge in [0.2, 0.25) is 5.91 Å².